The summed E-state index contributed by atoms with van der Waals surface area (Å²) in [6, 6.07) is 20.9. The van der Waals surface area contributed by atoms with Crippen LogP contribution in [-0.4, -0.2) is 20.9 Å². The van der Waals surface area contributed by atoms with E-state index < -0.39 is 10.0 Å². The summed E-state index contributed by atoms with van der Waals surface area (Å²) in [5.41, 5.74) is 3.76. The molecule has 1 unspecified atom stereocenters. The van der Waals surface area contributed by atoms with E-state index in [-0.39, 0.29) is 23.4 Å². The Balaban J connectivity index is 1.89. The Kier molecular flexibility index (Phi) is 7.74. The number of benzene rings is 3. The van der Waals surface area contributed by atoms with E-state index in [0.717, 1.165) is 19.9 Å². The van der Waals surface area contributed by atoms with Gasteiger partial charge in [0.15, 0.2) is 0 Å². The van der Waals surface area contributed by atoms with Crippen molar-refractivity contribution in [2.24, 2.45) is 0 Å². The summed E-state index contributed by atoms with van der Waals surface area (Å²) in [4.78, 5) is 13.2. The minimum absolute atomic E-state index is 0.136. The van der Waals surface area contributed by atoms with Gasteiger partial charge in [0.25, 0.3) is 10.0 Å². The monoisotopic (exact) mass is 514 g/mol. The maximum atomic E-state index is 13.4. The van der Waals surface area contributed by atoms with Crippen LogP contribution >= 0.6 is 15.9 Å². The standard InChI is InChI=1S/C25H27BrN2O3S/c1-4-24(20-11-10-18(2)19(3)16-20)27-25(29)17-28(22-14-12-21(26)13-15-22)32(30,31)23-8-6-5-7-9-23/h5-16,24H,4,17H2,1-3H3,(H,27,29). The van der Waals surface area contributed by atoms with Crippen molar-refractivity contribution in [3.63, 3.8) is 0 Å². The van der Waals surface area contributed by atoms with Gasteiger partial charge in [-0.3, -0.25) is 9.10 Å². The van der Waals surface area contributed by atoms with Crippen LogP contribution in [0.2, 0.25) is 0 Å². The van der Waals surface area contributed by atoms with E-state index in [4.69, 9.17) is 0 Å². The summed E-state index contributed by atoms with van der Waals surface area (Å²) < 4.78 is 28.8. The van der Waals surface area contributed by atoms with Gasteiger partial charge in [0.1, 0.15) is 6.54 Å². The molecule has 1 amide bonds. The van der Waals surface area contributed by atoms with Crippen LogP contribution in [0.5, 0.6) is 0 Å². The van der Waals surface area contributed by atoms with Gasteiger partial charge in [-0.15, -0.1) is 0 Å². The first-order valence-corrected chi connectivity index (χ1v) is 12.7. The normalized spacial score (nSPS) is 12.2. The van der Waals surface area contributed by atoms with Crippen molar-refractivity contribution < 1.29 is 13.2 Å². The lowest BCUT2D eigenvalue weighted by molar-refractivity contribution is -0.120. The fraction of sp³-hybridized carbons (Fsp3) is 0.240. The van der Waals surface area contributed by atoms with Crippen molar-refractivity contribution >= 4 is 37.5 Å². The van der Waals surface area contributed by atoms with E-state index in [0.29, 0.717) is 12.1 Å². The van der Waals surface area contributed by atoms with E-state index in [1.165, 1.54) is 17.7 Å². The number of nitrogens with zero attached hydrogens (tertiary/aromatic N) is 1. The second kappa shape index (κ2) is 10.3. The second-order valence-corrected chi connectivity index (χ2v) is 10.5. The third kappa shape index (κ3) is 5.58. The van der Waals surface area contributed by atoms with Gasteiger partial charge in [-0.2, -0.15) is 0 Å². The van der Waals surface area contributed by atoms with Gasteiger partial charge in [0.05, 0.1) is 16.6 Å². The smallest absolute Gasteiger partial charge is 0.264 e. The highest BCUT2D eigenvalue weighted by atomic mass is 79.9. The maximum absolute atomic E-state index is 13.4. The molecule has 7 heteroatoms. The summed E-state index contributed by atoms with van der Waals surface area (Å²) in [5.74, 6) is -0.363. The quantitative estimate of drug-likeness (QED) is 0.429. The van der Waals surface area contributed by atoms with Crippen LogP contribution in [0.25, 0.3) is 0 Å². The minimum Gasteiger partial charge on any atom is -0.348 e. The third-order valence-electron chi connectivity index (χ3n) is 5.41. The van der Waals surface area contributed by atoms with Crippen LogP contribution in [0.3, 0.4) is 0 Å². The lowest BCUT2D eigenvalue weighted by Gasteiger charge is -2.26. The molecule has 1 atom stereocenters. The van der Waals surface area contributed by atoms with Crippen LogP contribution in [0.15, 0.2) is 82.2 Å². The van der Waals surface area contributed by atoms with Gasteiger partial charge in [-0.1, -0.05) is 59.3 Å². The summed E-state index contributed by atoms with van der Waals surface area (Å²) in [7, 11) is -3.92. The molecule has 32 heavy (non-hydrogen) atoms. The van der Waals surface area contributed by atoms with Gasteiger partial charge >= 0.3 is 0 Å². The van der Waals surface area contributed by atoms with Crippen LogP contribution in [0.4, 0.5) is 5.69 Å². The highest BCUT2D eigenvalue weighted by Crippen LogP contribution is 2.26. The molecule has 0 spiro atoms. The largest absolute Gasteiger partial charge is 0.348 e. The molecule has 3 aromatic rings. The minimum atomic E-state index is -3.92. The van der Waals surface area contributed by atoms with Crippen LogP contribution in [0.1, 0.15) is 36.1 Å². The number of rotatable bonds is 8. The van der Waals surface area contributed by atoms with Crippen molar-refractivity contribution in [2.45, 2.75) is 38.1 Å². The van der Waals surface area contributed by atoms with Crippen molar-refractivity contribution in [3.8, 4) is 0 Å². The molecule has 0 saturated heterocycles. The van der Waals surface area contributed by atoms with Crippen LogP contribution in [-0.2, 0) is 14.8 Å². The summed E-state index contributed by atoms with van der Waals surface area (Å²) in [6.45, 7) is 5.76. The molecule has 1 N–H and O–H groups in total. The lowest BCUT2D eigenvalue weighted by atomic mass is 9.99. The molecule has 0 radical (unpaired) electrons. The van der Waals surface area contributed by atoms with Gasteiger partial charge in [0, 0.05) is 4.47 Å². The molecule has 0 aromatic heterocycles. The van der Waals surface area contributed by atoms with E-state index in [1.807, 2.05) is 32.9 Å². The van der Waals surface area contributed by atoms with Crippen molar-refractivity contribution in [3.05, 3.63) is 94.0 Å². The molecular formula is C25H27BrN2O3S. The number of anilines is 1. The number of aryl methyl sites for hydroxylation is 2. The molecule has 0 saturated carbocycles. The van der Waals surface area contributed by atoms with Crippen LogP contribution in [0, 0.1) is 13.8 Å². The summed E-state index contributed by atoms with van der Waals surface area (Å²) in [6.07, 6.45) is 0.692. The van der Waals surface area contributed by atoms with Crippen molar-refractivity contribution in [2.75, 3.05) is 10.8 Å². The Morgan fingerprint density at radius 2 is 1.62 bits per heavy atom. The Bertz CT molecular complexity index is 1180. The zero-order chi connectivity index (χ0) is 23.3. The number of amides is 1. The zero-order valence-electron chi connectivity index (χ0n) is 18.4. The number of nitrogens with one attached hydrogen (secondary N) is 1. The van der Waals surface area contributed by atoms with Crippen LogP contribution < -0.4 is 9.62 Å². The number of hydrogen-bond donors (Lipinski definition) is 1. The predicted octanol–water partition coefficient (Wildman–Crippen LogP) is 5.53. The first-order chi connectivity index (χ1) is 15.2. The highest BCUT2D eigenvalue weighted by Gasteiger charge is 2.28. The number of sulfonamides is 1. The van der Waals surface area contributed by atoms with Gasteiger partial charge in [-0.25, -0.2) is 8.42 Å². The molecule has 168 valence electrons. The number of halogens is 1. The number of carbonyl (C=O) groups is 1. The SMILES string of the molecule is CCC(NC(=O)CN(c1ccc(Br)cc1)S(=O)(=O)c1ccccc1)c1ccc(C)c(C)c1. The fourth-order valence-electron chi connectivity index (χ4n) is 3.41. The fourth-order valence-corrected chi connectivity index (χ4v) is 5.12. The first kappa shape index (κ1) is 24.0. The Labute approximate surface area is 198 Å². The molecule has 3 aromatic carbocycles. The molecule has 5 nitrogen and oxygen atoms in total. The lowest BCUT2D eigenvalue weighted by Crippen LogP contribution is -2.42. The van der Waals surface area contributed by atoms with Crippen molar-refractivity contribution in [1.82, 2.24) is 5.32 Å². The van der Waals surface area contributed by atoms with E-state index in [9.17, 15) is 13.2 Å². The summed E-state index contributed by atoms with van der Waals surface area (Å²) >= 11 is 3.37. The number of carbonyl (C=O) groups excluding carboxylic acids is 1. The predicted molar refractivity (Wildman–Crippen MR) is 132 cm³/mol. The highest BCUT2D eigenvalue weighted by molar-refractivity contribution is 9.10. The Hall–Kier alpha value is -2.64. The maximum Gasteiger partial charge on any atom is 0.264 e. The van der Waals surface area contributed by atoms with E-state index in [1.54, 1.807) is 42.5 Å². The molecule has 0 aliphatic heterocycles. The van der Waals surface area contributed by atoms with Gasteiger partial charge in [-0.05, 0) is 73.4 Å². The topological polar surface area (TPSA) is 66.5 Å². The van der Waals surface area contributed by atoms with E-state index in [2.05, 4.69) is 27.3 Å². The molecule has 0 heterocycles. The van der Waals surface area contributed by atoms with Gasteiger partial charge < -0.3 is 5.32 Å². The molecule has 0 aliphatic carbocycles. The molecule has 0 fully saturated rings. The first-order valence-electron chi connectivity index (χ1n) is 10.4. The van der Waals surface area contributed by atoms with Gasteiger partial charge in [0.2, 0.25) is 5.91 Å². The molecule has 0 aliphatic rings. The Morgan fingerprint density at radius 1 is 0.969 bits per heavy atom. The average molecular weight is 515 g/mol. The number of hydrogen-bond acceptors (Lipinski definition) is 3. The molecule has 0 bridgehead atoms. The van der Waals surface area contributed by atoms with E-state index >= 15 is 0 Å². The second-order valence-electron chi connectivity index (χ2n) is 7.67. The third-order valence-corrected chi connectivity index (χ3v) is 7.73. The van der Waals surface area contributed by atoms with Crippen molar-refractivity contribution in [1.29, 1.82) is 0 Å². The molecular weight excluding hydrogens is 488 g/mol. The zero-order valence-corrected chi connectivity index (χ0v) is 20.8. The summed E-state index contributed by atoms with van der Waals surface area (Å²) in [5, 5.41) is 3.01. The molecule has 3 rings (SSSR count). The Morgan fingerprint density at radius 3 is 2.22 bits per heavy atom. The average Bonchev–Trinajstić information content (AvgIpc) is 2.79.